The summed E-state index contributed by atoms with van der Waals surface area (Å²) in [5.74, 6) is -1.35. The van der Waals surface area contributed by atoms with E-state index < -0.39 is 36.0 Å². The molecule has 1 aromatic heterocycles. The Balaban J connectivity index is 1.64. The largest absolute Gasteiger partial charge is 0.439 e. The van der Waals surface area contributed by atoms with Gasteiger partial charge in [0.2, 0.25) is 5.88 Å². The first-order valence-corrected chi connectivity index (χ1v) is 9.98. The number of carbonyl (C=O) groups excluding carboxylic acids is 2. The predicted octanol–water partition coefficient (Wildman–Crippen LogP) is 4.54. The summed E-state index contributed by atoms with van der Waals surface area (Å²) in [6, 6.07) is 7.32. The van der Waals surface area contributed by atoms with Gasteiger partial charge in [-0.1, -0.05) is 6.92 Å². The van der Waals surface area contributed by atoms with Gasteiger partial charge in [-0.15, -0.1) is 0 Å². The van der Waals surface area contributed by atoms with Crippen molar-refractivity contribution < 1.29 is 31.9 Å². The van der Waals surface area contributed by atoms with Crippen LogP contribution in [-0.4, -0.2) is 28.5 Å². The number of alkyl halides is 3. The smallest absolute Gasteiger partial charge is 0.419 e. The van der Waals surface area contributed by atoms with Crippen LogP contribution in [0.25, 0.3) is 0 Å². The van der Waals surface area contributed by atoms with E-state index in [9.17, 15) is 27.2 Å². The first-order valence-electron chi connectivity index (χ1n) is 9.98. The lowest BCUT2D eigenvalue weighted by Crippen LogP contribution is -2.33. The second kappa shape index (κ2) is 8.61. The first kappa shape index (κ1) is 23.0. The normalized spacial score (nSPS) is 14.1. The van der Waals surface area contributed by atoms with Crippen LogP contribution >= 0.6 is 0 Å². The number of imide groups is 1. The highest BCUT2D eigenvalue weighted by Crippen LogP contribution is 2.36. The molecule has 1 aliphatic heterocycles. The molecule has 0 spiro atoms. The molecule has 0 radical (unpaired) electrons. The van der Waals surface area contributed by atoms with Crippen LogP contribution in [0.5, 0.6) is 11.6 Å². The van der Waals surface area contributed by atoms with Crippen LogP contribution in [0.2, 0.25) is 0 Å². The molecule has 2 aromatic carbocycles. The number of aromatic nitrogens is 2. The maximum Gasteiger partial charge on any atom is 0.419 e. The maximum atomic E-state index is 13.7. The summed E-state index contributed by atoms with van der Waals surface area (Å²) in [4.78, 5) is 35.2. The van der Waals surface area contributed by atoms with Crippen molar-refractivity contribution in [3.63, 3.8) is 0 Å². The third-order valence-corrected chi connectivity index (χ3v) is 5.09. The highest BCUT2D eigenvalue weighted by molar-refractivity contribution is 6.27. The second-order valence-electron chi connectivity index (χ2n) is 7.29. The molecule has 3 aromatic rings. The Bertz CT molecular complexity index is 1280. The van der Waals surface area contributed by atoms with E-state index in [1.807, 2.05) is 0 Å². The van der Waals surface area contributed by atoms with Crippen molar-refractivity contribution in [3.05, 3.63) is 65.7 Å². The van der Waals surface area contributed by atoms with Crippen molar-refractivity contribution in [2.24, 2.45) is 0 Å². The first-order chi connectivity index (χ1) is 16.1. The maximum absolute atomic E-state index is 13.7. The van der Waals surface area contributed by atoms with Gasteiger partial charge in [0, 0.05) is 11.8 Å². The Hall–Kier alpha value is -4.22. The zero-order valence-electron chi connectivity index (χ0n) is 17.6. The number of ether oxygens (including phenoxy) is 1. The van der Waals surface area contributed by atoms with Gasteiger partial charge in [0.15, 0.2) is 0 Å². The molecule has 3 amide bonds. The zero-order chi connectivity index (χ0) is 24.6. The summed E-state index contributed by atoms with van der Waals surface area (Å²) in [6.07, 6.45) is -3.31. The zero-order valence-corrected chi connectivity index (χ0v) is 17.6. The Labute approximate surface area is 190 Å². The highest BCUT2D eigenvalue weighted by Gasteiger charge is 2.41. The molecule has 0 unspecified atom stereocenters. The lowest BCUT2D eigenvalue weighted by atomic mass is 10.1. The van der Waals surface area contributed by atoms with E-state index in [1.54, 1.807) is 13.0 Å². The molecule has 176 valence electrons. The number of anilines is 3. The molecule has 2 N–H and O–H groups in total. The fourth-order valence-electron chi connectivity index (χ4n) is 3.50. The molecule has 8 nitrogen and oxygen atoms in total. The molecular formula is C22H17F4N5O3. The van der Waals surface area contributed by atoms with Gasteiger partial charge >= 0.3 is 12.2 Å². The van der Waals surface area contributed by atoms with Crippen LogP contribution in [0.3, 0.4) is 0 Å². The fraction of sp³-hybridized carbons (Fsp3) is 0.182. The monoisotopic (exact) mass is 475 g/mol. The van der Waals surface area contributed by atoms with E-state index in [-0.39, 0.29) is 23.1 Å². The summed E-state index contributed by atoms with van der Waals surface area (Å²) in [5.41, 5.74) is 4.67. The highest BCUT2D eigenvalue weighted by atomic mass is 19.4. The quantitative estimate of drug-likeness (QED) is 0.429. The number of hydrogen-bond donors (Lipinski definition) is 1. The number of nitrogens with zero attached hydrogens (tertiary/aromatic N) is 4. The number of benzene rings is 2. The summed E-state index contributed by atoms with van der Waals surface area (Å²) < 4.78 is 58.6. The van der Waals surface area contributed by atoms with Crippen molar-refractivity contribution in [1.82, 2.24) is 9.97 Å². The van der Waals surface area contributed by atoms with Crippen molar-refractivity contribution in [1.29, 1.82) is 0 Å². The molecule has 12 heteroatoms. The number of rotatable bonds is 5. The Morgan fingerprint density at radius 1 is 1.09 bits per heavy atom. The third kappa shape index (κ3) is 4.34. The van der Waals surface area contributed by atoms with Gasteiger partial charge in [0.05, 0.1) is 11.3 Å². The molecule has 1 saturated heterocycles. The van der Waals surface area contributed by atoms with E-state index in [0.717, 1.165) is 15.9 Å². The third-order valence-electron chi connectivity index (χ3n) is 5.09. The second-order valence-corrected chi connectivity index (χ2v) is 7.29. The number of hydrogen-bond acceptors (Lipinski definition) is 6. The lowest BCUT2D eigenvalue weighted by molar-refractivity contribution is -0.139. The van der Waals surface area contributed by atoms with E-state index >= 15 is 0 Å². The Kier molecular flexibility index (Phi) is 5.82. The molecule has 4 rings (SSSR count). The summed E-state index contributed by atoms with van der Waals surface area (Å²) in [5, 5.41) is 0. The summed E-state index contributed by atoms with van der Waals surface area (Å²) >= 11 is 0. The fourth-order valence-corrected chi connectivity index (χ4v) is 3.50. The van der Waals surface area contributed by atoms with Gasteiger partial charge in [-0.3, -0.25) is 9.69 Å². The number of urea groups is 1. The van der Waals surface area contributed by atoms with Crippen molar-refractivity contribution >= 4 is 29.1 Å². The average molecular weight is 475 g/mol. The molecular weight excluding hydrogens is 458 g/mol. The van der Waals surface area contributed by atoms with E-state index in [4.69, 9.17) is 10.5 Å². The van der Waals surface area contributed by atoms with Gasteiger partial charge in [-0.25, -0.2) is 24.1 Å². The number of amides is 3. The Morgan fingerprint density at radius 2 is 1.85 bits per heavy atom. The molecule has 0 aliphatic carbocycles. The molecule has 1 fully saturated rings. The van der Waals surface area contributed by atoms with E-state index in [0.29, 0.717) is 29.9 Å². The molecule has 0 saturated carbocycles. The average Bonchev–Trinajstić information content (AvgIpc) is 3.07. The van der Waals surface area contributed by atoms with Gasteiger partial charge in [0.1, 0.15) is 30.3 Å². The number of aryl methyl sites for hydroxylation is 1. The van der Waals surface area contributed by atoms with Crippen molar-refractivity contribution in [2.75, 3.05) is 22.1 Å². The van der Waals surface area contributed by atoms with Gasteiger partial charge in [0.25, 0.3) is 5.91 Å². The van der Waals surface area contributed by atoms with Crippen LogP contribution < -0.4 is 20.3 Å². The van der Waals surface area contributed by atoms with Crippen molar-refractivity contribution in [3.8, 4) is 11.6 Å². The van der Waals surface area contributed by atoms with Crippen LogP contribution in [-0.2, 0) is 17.4 Å². The Morgan fingerprint density at radius 3 is 2.53 bits per heavy atom. The van der Waals surface area contributed by atoms with E-state index in [2.05, 4.69) is 9.97 Å². The summed E-state index contributed by atoms with van der Waals surface area (Å²) in [6.45, 7) is 1.30. The van der Waals surface area contributed by atoms with Crippen LogP contribution in [0, 0.1) is 5.82 Å². The molecule has 1 aliphatic rings. The number of halogens is 4. The minimum atomic E-state index is -4.95. The number of carbonyl (C=O) groups is 2. The minimum Gasteiger partial charge on any atom is -0.439 e. The van der Waals surface area contributed by atoms with Crippen molar-refractivity contribution in [2.45, 2.75) is 19.5 Å². The lowest BCUT2D eigenvalue weighted by Gasteiger charge is -2.20. The molecule has 0 bridgehead atoms. The van der Waals surface area contributed by atoms with Crippen LogP contribution in [0.1, 0.15) is 18.1 Å². The standard InChI is InChI=1S/C22H17F4N5O3/c1-2-12-7-14(34-19-9-18(27)28-11-29-19)4-6-17(12)31-20(32)10-30(21(31)33)13-3-5-16(23)15(8-13)22(24,25)26/h3-9,11H,2,10H2,1H3,(H2,27,28,29). The topological polar surface area (TPSA) is 102 Å². The minimum absolute atomic E-state index is 0.193. The molecule has 0 atom stereocenters. The summed E-state index contributed by atoms with van der Waals surface area (Å²) in [7, 11) is 0. The molecule has 2 heterocycles. The van der Waals surface area contributed by atoms with Crippen LogP contribution in [0.15, 0.2) is 48.8 Å². The molecule has 34 heavy (non-hydrogen) atoms. The number of nitrogens with two attached hydrogens (primary N) is 1. The van der Waals surface area contributed by atoms with Gasteiger partial charge in [-0.05, 0) is 48.4 Å². The van der Waals surface area contributed by atoms with Gasteiger partial charge < -0.3 is 10.5 Å². The van der Waals surface area contributed by atoms with Gasteiger partial charge in [-0.2, -0.15) is 13.2 Å². The number of nitrogen functional groups attached to an aromatic ring is 1. The predicted molar refractivity (Wildman–Crippen MR) is 114 cm³/mol. The van der Waals surface area contributed by atoms with Crippen LogP contribution in [0.4, 0.5) is 39.5 Å². The SMILES string of the molecule is CCc1cc(Oc2cc(N)ncn2)ccc1N1C(=O)CN(c2ccc(F)c(C(F)(F)F)c2)C1=O. The van der Waals surface area contributed by atoms with E-state index in [1.165, 1.54) is 24.5 Å².